The van der Waals surface area contributed by atoms with E-state index < -0.39 is 17.2 Å². The number of hydrogen-bond acceptors (Lipinski definition) is 3. The average Bonchev–Trinajstić information content (AvgIpc) is 3.31. The highest BCUT2D eigenvalue weighted by molar-refractivity contribution is 7.81. The Bertz CT molecular complexity index is 1630. The molecule has 0 saturated heterocycles. The molecule has 6 nitrogen and oxygen atoms in total. The smallest absolute Gasteiger partial charge is 0.272 e. The van der Waals surface area contributed by atoms with E-state index in [-0.39, 0.29) is 0 Å². The summed E-state index contributed by atoms with van der Waals surface area (Å²) >= 11 is -2.54. The van der Waals surface area contributed by atoms with Gasteiger partial charge in [0.25, 0.3) is 17.2 Å². The van der Waals surface area contributed by atoms with Crippen LogP contribution in [0.25, 0.3) is 22.2 Å². The molecule has 1 N–H and O–H groups in total. The summed E-state index contributed by atoms with van der Waals surface area (Å²) in [5, 5.41) is 1.19. The Morgan fingerprint density at radius 2 is 1.69 bits per heavy atom. The molecule has 39 heavy (non-hydrogen) atoms. The van der Waals surface area contributed by atoms with E-state index in [1.807, 2.05) is 36.5 Å². The van der Waals surface area contributed by atoms with E-state index in [1.54, 1.807) is 42.5 Å². The second-order valence-corrected chi connectivity index (χ2v) is 10.4. The molecule has 7 heteroatoms. The Morgan fingerprint density at radius 1 is 0.974 bits per heavy atom. The van der Waals surface area contributed by atoms with Crippen LogP contribution in [0.2, 0.25) is 0 Å². The molecular formula is C32H31N3O3S. The van der Waals surface area contributed by atoms with E-state index in [4.69, 9.17) is 4.98 Å². The lowest BCUT2D eigenvalue weighted by atomic mass is 10.0. The number of rotatable bonds is 9. The number of fused-ring (bicyclic) bond motifs is 1. The van der Waals surface area contributed by atoms with Crippen molar-refractivity contribution < 1.29 is 13.6 Å². The topological polar surface area (TPSA) is 75.4 Å². The van der Waals surface area contributed by atoms with Gasteiger partial charge in [0.15, 0.2) is 0 Å². The van der Waals surface area contributed by atoms with Crippen molar-refractivity contribution in [3.8, 4) is 11.1 Å². The standard InChI is InChI=1S/C32H31N3O3S/c1-3-4-12-27-21-29-23(2)19-20-33-31(29)34(27)22-24-15-17-25(18-16-24)28-13-8-9-14-30(28)35(39(37)38)32(36)26-10-6-5-7-11-26/h5-11,13-21H,3-4,12,22H2,1-2H3,(H,37,38). The maximum Gasteiger partial charge on any atom is 0.272 e. The van der Waals surface area contributed by atoms with Gasteiger partial charge in [-0.2, -0.15) is 0 Å². The molecule has 0 spiro atoms. The molecule has 0 saturated carbocycles. The number of unbranched alkanes of at least 4 members (excludes halogenated alkanes) is 1. The number of aromatic nitrogens is 2. The Balaban J connectivity index is 1.48. The number of para-hydroxylation sites is 1. The van der Waals surface area contributed by atoms with Crippen LogP contribution >= 0.6 is 0 Å². The highest BCUT2D eigenvalue weighted by Crippen LogP contribution is 2.33. The number of amides is 1. The molecule has 0 aliphatic heterocycles. The second kappa shape index (κ2) is 11.8. The van der Waals surface area contributed by atoms with Crippen LogP contribution in [0, 0.1) is 6.92 Å². The molecule has 5 aromatic rings. The normalized spacial score (nSPS) is 12.0. The zero-order chi connectivity index (χ0) is 27.4. The van der Waals surface area contributed by atoms with E-state index in [0.29, 0.717) is 23.4 Å². The first-order valence-electron chi connectivity index (χ1n) is 13.1. The first kappa shape index (κ1) is 26.5. The van der Waals surface area contributed by atoms with Gasteiger partial charge in [-0.25, -0.2) is 13.5 Å². The predicted molar refractivity (Wildman–Crippen MR) is 158 cm³/mol. The van der Waals surface area contributed by atoms with Gasteiger partial charge in [0.05, 0.1) is 5.69 Å². The molecule has 3 aromatic carbocycles. The van der Waals surface area contributed by atoms with E-state index in [0.717, 1.165) is 40.3 Å². The first-order valence-corrected chi connectivity index (χ1v) is 14.2. The molecule has 198 valence electrons. The van der Waals surface area contributed by atoms with Crippen molar-refractivity contribution in [1.82, 2.24) is 9.55 Å². The minimum absolute atomic E-state index is 0.340. The maximum absolute atomic E-state index is 13.2. The Labute approximate surface area is 231 Å². The van der Waals surface area contributed by atoms with Gasteiger partial charge in [0, 0.05) is 34.9 Å². The van der Waals surface area contributed by atoms with Gasteiger partial charge in [0.2, 0.25) is 0 Å². The minimum Gasteiger partial charge on any atom is -0.325 e. The summed E-state index contributed by atoms with van der Waals surface area (Å²) in [5.41, 5.74) is 6.88. The number of aryl methyl sites for hydroxylation is 2. The zero-order valence-corrected chi connectivity index (χ0v) is 22.9. The lowest BCUT2D eigenvalue weighted by Gasteiger charge is -2.21. The largest absolute Gasteiger partial charge is 0.325 e. The SMILES string of the molecule is CCCCc1cc2c(C)ccnc2n1Cc1ccc(-c2ccccc2N(C(=O)c2ccccc2)S(=O)O)cc1. The minimum atomic E-state index is -2.54. The van der Waals surface area contributed by atoms with Gasteiger partial charge in [-0.3, -0.25) is 9.35 Å². The van der Waals surface area contributed by atoms with Crippen LogP contribution in [0.1, 0.15) is 46.9 Å². The third kappa shape index (κ3) is 5.55. The summed E-state index contributed by atoms with van der Waals surface area (Å²) in [7, 11) is 0. The highest BCUT2D eigenvalue weighted by atomic mass is 32.2. The molecule has 2 aromatic heterocycles. The monoisotopic (exact) mass is 537 g/mol. The van der Waals surface area contributed by atoms with Crippen LogP contribution in [0.3, 0.4) is 0 Å². The van der Waals surface area contributed by atoms with Crippen molar-refractivity contribution in [2.24, 2.45) is 0 Å². The van der Waals surface area contributed by atoms with Crippen LogP contribution in [-0.2, 0) is 24.2 Å². The predicted octanol–water partition coefficient (Wildman–Crippen LogP) is 7.19. The molecule has 1 unspecified atom stereocenters. The van der Waals surface area contributed by atoms with Crippen molar-refractivity contribution in [2.75, 3.05) is 4.31 Å². The van der Waals surface area contributed by atoms with Crippen molar-refractivity contribution in [1.29, 1.82) is 0 Å². The van der Waals surface area contributed by atoms with Crippen LogP contribution in [0.4, 0.5) is 5.69 Å². The van der Waals surface area contributed by atoms with Crippen molar-refractivity contribution in [2.45, 2.75) is 39.7 Å². The summed E-state index contributed by atoms with van der Waals surface area (Å²) in [6, 6.07) is 28.1. The van der Waals surface area contributed by atoms with Crippen LogP contribution in [0.5, 0.6) is 0 Å². The molecule has 0 fully saturated rings. The van der Waals surface area contributed by atoms with Gasteiger partial charge in [0.1, 0.15) is 5.65 Å². The van der Waals surface area contributed by atoms with Crippen LogP contribution < -0.4 is 4.31 Å². The van der Waals surface area contributed by atoms with Gasteiger partial charge >= 0.3 is 0 Å². The van der Waals surface area contributed by atoms with E-state index in [2.05, 4.69) is 36.6 Å². The Morgan fingerprint density at radius 3 is 2.41 bits per heavy atom. The third-order valence-corrected chi connectivity index (χ3v) is 7.65. The van der Waals surface area contributed by atoms with Gasteiger partial charge in [-0.05, 0) is 66.8 Å². The van der Waals surface area contributed by atoms with Gasteiger partial charge < -0.3 is 4.57 Å². The molecule has 1 amide bonds. The Hall–Kier alpha value is -4.07. The molecule has 0 bridgehead atoms. The number of nitrogens with zero attached hydrogens (tertiary/aromatic N) is 3. The van der Waals surface area contributed by atoms with Crippen LogP contribution in [0.15, 0.2) is 97.2 Å². The number of carbonyl (C=O) groups is 1. The fraction of sp³-hybridized carbons (Fsp3) is 0.188. The molecule has 0 aliphatic carbocycles. The Kier molecular flexibility index (Phi) is 8.00. The second-order valence-electron chi connectivity index (χ2n) is 9.60. The average molecular weight is 538 g/mol. The lowest BCUT2D eigenvalue weighted by Crippen LogP contribution is -2.32. The maximum atomic E-state index is 13.2. The summed E-state index contributed by atoms with van der Waals surface area (Å²) in [4.78, 5) is 17.9. The molecule has 5 rings (SSSR count). The number of benzene rings is 3. The van der Waals surface area contributed by atoms with Gasteiger partial charge in [-0.1, -0.05) is 74.0 Å². The van der Waals surface area contributed by atoms with E-state index >= 15 is 0 Å². The molecule has 0 radical (unpaired) electrons. The number of carbonyl (C=O) groups excluding carboxylic acids is 1. The zero-order valence-electron chi connectivity index (χ0n) is 22.1. The summed E-state index contributed by atoms with van der Waals surface area (Å²) in [6.07, 6.45) is 5.12. The fourth-order valence-corrected chi connectivity index (χ4v) is 5.48. The number of pyridine rings is 1. The third-order valence-electron chi connectivity index (χ3n) is 6.98. The number of hydrogen-bond donors (Lipinski definition) is 1. The number of anilines is 1. The molecular weight excluding hydrogens is 506 g/mol. The van der Waals surface area contributed by atoms with E-state index in [1.165, 1.54) is 16.6 Å². The van der Waals surface area contributed by atoms with Gasteiger partial charge in [-0.15, -0.1) is 0 Å². The van der Waals surface area contributed by atoms with Crippen molar-refractivity contribution >= 4 is 33.9 Å². The van der Waals surface area contributed by atoms with E-state index in [9.17, 15) is 13.6 Å². The summed E-state index contributed by atoms with van der Waals surface area (Å²) < 4.78 is 25.7. The van der Waals surface area contributed by atoms with Crippen molar-refractivity contribution in [3.63, 3.8) is 0 Å². The highest BCUT2D eigenvalue weighted by Gasteiger charge is 2.25. The summed E-state index contributed by atoms with van der Waals surface area (Å²) in [6.45, 7) is 5.02. The molecule has 1 atom stereocenters. The fourth-order valence-electron chi connectivity index (χ4n) is 4.90. The summed E-state index contributed by atoms with van der Waals surface area (Å²) in [5.74, 6) is -0.539. The van der Waals surface area contributed by atoms with Crippen molar-refractivity contribution in [3.05, 3.63) is 120 Å². The molecule has 0 aliphatic rings. The van der Waals surface area contributed by atoms with Crippen LogP contribution in [-0.4, -0.2) is 24.2 Å². The first-order chi connectivity index (χ1) is 19.0. The quantitative estimate of drug-likeness (QED) is 0.202. The molecule has 2 heterocycles. The lowest BCUT2D eigenvalue weighted by molar-refractivity contribution is 0.100.